The first-order chi connectivity index (χ1) is 13.9. The Bertz CT molecular complexity index is 999. The van der Waals surface area contributed by atoms with Crippen LogP contribution in [0.15, 0.2) is 47.4 Å². The zero-order valence-corrected chi connectivity index (χ0v) is 19.2. The molecule has 0 atom stereocenters. The van der Waals surface area contributed by atoms with Crippen molar-refractivity contribution in [3.8, 4) is 0 Å². The van der Waals surface area contributed by atoms with Gasteiger partial charge in [0.2, 0.25) is 15.9 Å². The third-order valence-corrected chi connectivity index (χ3v) is 6.79. The molecular weight excluding hydrogens is 400 g/mol. The van der Waals surface area contributed by atoms with Crippen LogP contribution in [0.3, 0.4) is 0 Å². The van der Waals surface area contributed by atoms with Crippen molar-refractivity contribution in [2.75, 3.05) is 18.9 Å². The third-order valence-electron chi connectivity index (χ3n) is 4.97. The summed E-state index contributed by atoms with van der Waals surface area (Å²) in [6.07, 6.45) is 0. The minimum absolute atomic E-state index is 0.0354. The van der Waals surface area contributed by atoms with E-state index in [1.807, 2.05) is 18.2 Å². The van der Waals surface area contributed by atoms with Crippen LogP contribution in [0.5, 0.6) is 0 Å². The number of likely N-dealkylation sites (N-methyl/N-ethyl adjacent to an activating group) is 1. The van der Waals surface area contributed by atoms with Crippen LogP contribution >= 0.6 is 0 Å². The fourth-order valence-corrected chi connectivity index (χ4v) is 4.33. The number of amides is 1. The Hall–Kier alpha value is -2.51. The van der Waals surface area contributed by atoms with Crippen LogP contribution in [0, 0.1) is 0 Å². The molecule has 0 spiro atoms. The van der Waals surface area contributed by atoms with Crippen molar-refractivity contribution < 1.29 is 18.0 Å². The van der Waals surface area contributed by atoms with Gasteiger partial charge in [0.25, 0.3) is 0 Å². The summed E-state index contributed by atoms with van der Waals surface area (Å²) in [5.74, 6) is -0.131. The average molecular weight is 431 g/mol. The molecule has 2 aromatic rings. The summed E-state index contributed by atoms with van der Waals surface area (Å²) in [5.41, 5.74) is 3.21. The van der Waals surface area contributed by atoms with Crippen LogP contribution in [0.1, 0.15) is 67.9 Å². The smallest absolute Gasteiger partial charge is 0.243 e. The number of nitrogens with zero attached hydrogens (tertiary/aromatic N) is 1. The fourth-order valence-electron chi connectivity index (χ4n) is 3.20. The molecular formula is C23H30N2O4S. The number of carbonyl (C=O) groups is 2. The van der Waals surface area contributed by atoms with E-state index in [0.717, 1.165) is 21.1 Å². The maximum Gasteiger partial charge on any atom is 0.243 e. The second-order valence-electron chi connectivity index (χ2n) is 8.01. The Kier molecular flexibility index (Phi) is 7.55. The second kappa shape index (κ2) is 9.53. The number of Topliss-reactive ketones (excluding diaryl/α,β-unsaturated/α-hetero) is 1. The highest BCUT2D eigenvalue weighted by Gasteiger charge is 2.24. The predicted octanol–water partition coefficient (Wildman–Crippen LogP) is 4.40. The summed E-state index contributed by atoms with van der Waals surface area (Å²) >= 11 is 0. The van der Waals surface area contributed by atoms with E-state index in [0.29, 0.717) is 5.56 Å². The van der Waals surface area contributed by atoms with Gasteiger partial charge in [-0.1, -0.05) is 58.0 Å². The maximum atomic E-state index is 12.8. The quantitative estimate of drug-likeness (QED) is 0.630. The van der Waals surface area contributed by atoms with E-state index in [9.17, 15) is 18.0 Å². The number of para-hydroxylation sites is 1. The van der Waals surface area contributed by atoms with Crippen molar-refractivity contribution in [1.82, 2.24) is 4.31 Å². The van der Waals surface area contributed by atoms with Crippen LogP contribution in [0.4, 0.5) is 5.69 Å². The Morgan fingerprint density at radius 2 is 1.43 bits per heavy atom. The molecule has 0 aromatic heterocycles. The van der Waals surface area contributed by atoms with Gasteiger partial charge in [-0.3, -0.25) is 9.59 Å². The first-order valence-corrected chi connectivity index (χ1v) is 11.4. The standard InChI is InChI=1S/C23H30N2O4S/c1-15(2)20-8-7-9-21(16(3)4)23(20)24-22(27)14-25(6)30(28,29)19-12-10-18(11-13-19)17(5)26/h7-13,15-16H,14H2,1-6H3,(H,24,27). The van der Waals surface area contributed by atoms with Gasteiger partial charge in [-0.05, 0) is 42.0 Å². The van der Waals surface area contributed by atoms with Crippen LogP contribution in [-0.4, -0.2) is 38.0 Å². The lowest BCUT2D eigenvalue weighted by Crippen LogP contribution is -2.35. The molecule has 0 aliphatic heterocycles. The van der Waals surface area contributed by atoms with E-state index >= 15 is 0 Å². The number of carbonyl (C=O) groups excluding carboxylic acids is 2. The Balaban J connectivity index is 2.23. The van der Waals surface area contributed by atoms with Gasteiger partial charge in [0.05, 0.1) is 11.4 Å². The fraction of sp³-hybridized carbons (Fsp3) is 0.391. The minimum Gasteiger partial charge on any atom is -0.324 e. The van der Waals surface area contributed by atoms with Crippen molar-refractivity contribution >= 4 is 27.4 Å². The van der Waals surface area contributed by atoms with Crippen LogP contribution < -0.4 is 5.32 Å². The summed E-state index contributed by atoms with van der Waals surface area (Å²) in [4.78, 5) is 24.2. The molecule has 30 heavy (non-hydrogen) atoms. The van der Waals surface area contributed by atoms with Crippen LogP contribution in [-0.2, 0) is 14.8 Å². The maximum absolute atomic E-state index is 12.8. The van der Waals surface area contributed by atoms with Crippen molar-refractivity contribution in [3.63, 3.8) is 0 Å². The monoisotopic (exact) mass is 430 g/mol. The van der Waals surface area contributed by atoms with Gasteiger partial charge in [0, 0.05) is 18.3 Å². The summed E-state index contributed by atoms with van der Waals surface area (Å²) in [5, 5.41) is 2.93. The van der Waals surface area contributed by atoms with E-state index in [1.54, 1.807) is 0 Å². The largest absolute Gasteiger partial charge is 0.324 e. The highest BCUT2D eigenvalue weighted by atomic mass is 32.2. The molecule has 2 aromatic carbocycles. The zero-order chi connectivity index (χ0) is 22.6. The van der Waals surface area contributed by atoms with E-state index in [4.69, 9.17) is 0 Å². The second-order valence-corrected chi connectivity index (χ2v) is 10.1. The summed E-state index contributed by atoms with van der Waals surface area (Å²) < 4.78 is 26.6. The molecule has 0 bridgehead atoms. The van der Waals surface area contributed by atoms with E-state index in [2.05, 4.69) is 33.0 Å². The molecule has 6 nitrogen and oxygen atoms in total. The number of nitrogens with one attached hydrogen (secondary N) is 1. The predicted molar refractivity (Wildman–Crippen MR) is 120 cm³/mol. The van der Waals surface area contributed by atoms with Gasteiger partial charge in [-0.25, -0.2) is 8.42 Å². The molecule has 7 heteroatoms. The molecule has 0 saturated heterocycles. The van der Waals surface area contributed by atoms with Crippen molar-refractivity contribution in [3.05, 3.63) is 59.2 Å². The van der Waals surface area contributed by atoms with Crippen LogP contribution in [0.25, 0.3) is 0 Å². The molecule has 0 unspecified atom stereocenters. The van der Waals surface area contributed by atoms with E-state index in [-0.39, 0.29) is 29.1 Å². The first kappa shape index (κ1) is 23.8. The number of ketones is 1. The Labute approximate surface area is 179 Å². The molecule has 2 rings (SSSR count). The molecule has 0 aliphatic carbocycles. The lowest BCUT2D eigenvalue weighted by atomic mass is 9.92. The van der Waals surface area contributed by atoms with Crippen molar-refractivity contribution in [2.45, 2.75) is 51.3 Å². The molecule has 162 valence electrons. The number of rotatable bonds is 8. The molecule has 0 aliphatic rings. The van der Waals surface area contributed by atoms with E-state index < -0.39 is 15.9 Å². The van der Waals surface area contributed by atoms with Gasteiger partial charge < -0.3 is 5.32 Å². The van der Waals surface area contributed by atoms with Gasteiger partial charge in [-0.2, -0.15) is 4.31 Å². The number of hydrogen-bond acceptors (Lipinski definition) is 4. The Morgan fingerprint density at radius 3 is 1.87 bits per heavy atom. The van der Waals surface area contributed by atoms with Crippen molar-refractivity contribution in [2.24, 2.45) is 0 Å². The molecule has 1 N–H and O–H groups in total. The number of hydrogen-bond donors (Lipinski definition) is 1. The SMILES string of the molecule is CC(=O)c1ccc(S(=O)(=O)N(C)CC(=O)Nc2c(C(C)C)cccc2C(C)C)cc1. The number of benzene rings is 2. The highest BCUT2D eigenvalue weighted by Crippen LogP contribution is 2.32. The van der Waals surface area contributed by atoms with Gasteiger partial charge in [0.1, 0.15) is 0 Å². The third kappa shape index (κ3) is 5.34. The minimum atomic E-state index is -3.86. The molecule has 0 radical (unpaired) electrons. The lowest BCUT2D eigenvalue weighted by molar-refractivity contribution is -0.116. The normalized spacial score (nSPS) is 11.9. The molecule has 1 amide bonds. The van der Waals surface area contributed by atoms with E-state index in [1.165, 1.54) is 38.2 Å². The summed E-state index contributed by atoms with van der Waals surface area (Å²) in [6.45, 7) is 9.31. The molecule has 0 fully saturated rings. The number of sulfonamides is 1. The van der Waals surface area contributed by atoms with Gasteiger partial charge >= 0.3 is 0 Å². The van der Waals surface area contributed by atoms with Crippen LogP contribution in [0.2, 0.25) is 0 Å². The van der Waals surface area contributed by atoms with Gasteiger partial charge in [-0.15, -0.1) is 0 Å². The Morgan fingerprint density at radius 1 is 0.933 bits per heavy atom. The zero-order valence-electron chi connectivity index (χ0n) is 18.4. The topological polar surface area (TPSA) is 83.6 Å². The average Bonchev–Trinajstić information content (AvgIpc) is 2.67. The van der Waals surface area contributed by atoms with Gasteiger partial charge in [0.15, 0.2) is 5.78 Å². The summed E-state index contributed by atoms with van der Waals surface area (Å²) in [6, 6.07) is 11.6. The highest BCUT2D eigenvalue weighted by molar-refractivity contribution is 7.89. The molecule has 0 saturated carbocycles. The van der Waals surface area contributed by atoms with Crippen molar-refractivity contribution in [1.29, 1.82) is 0 Å². The number of anilines is 1. The summed E-state index contributed by atoms with van der Waals surface area (Å²) in [7, 11) is -2.49. The lowest BCUT2D eigenvalue weighted by Gasteiger charge is -2.22. The first-order valence-electron chi connectivity index (χ1n) is 9.95. The molecule has 0 heterocycles.